The molecule has 1 aromatic carbocycles. The number of anilines is 2. The molecule has 1 N–H and O–H groups in total. The van der Waals surface area contributed by atoms with Crippen LogP contribution in [0.15, 0.2) is 24.3 Å². The van der Waals surface area contributed by atoms with E-state index >= 15 is 0 Å². The summed E-state index contributed by atoms with van der Waals surface area (Å²) in [6.07, 6.45) is -3.66. The van der Waals surface area contributed by atoms with Crippen LogP contribution in [0.1, 0.15) is 24.1 Å². The van der Waals surface area contributed by atoms with Crippen LogP contribution in [-0.4, -0.2) is 23.5 Å². The molecule has 0 saturated carbocycles. The van der Waals surface area contributed by atoms with Crippen molar-refractivity contribution in [3.8, 4) is 0 Å². The van der Waals surface area contributed by atoms with Gasteiger partial charge in [0.05, 0.1) is 16.3 Å². The topological polar surface area (TPSA) is 45.2 Å². The lowest BCUT2D eigenvalue weighted by Crippen LogP contribution is -2.40. The average Bonchev–Trinajstić information content (AvgIpc) is 3.08. The van der Waals surface area contributed by atoms with Crippen molar-refractivity contribution in [1.29, 1.82) is 0 Å². The molecule has 2 heterocycles. The Morgan fingerprint density at radius 1 is 1.21 bits per heavy atom. The molecule has 0 bridgehead atoms. The van der Waals surface area contributed by atoms with Crippen molar-refractivity contribution in [2.45, 2.75) is 32.0 Å². The zero-order chi connectivity index (χ0) is 20.6. The zero-order valence-corrected chi connectivity index (χ0v) is 15.3. The third-order valence-electron chi connectivity index (χ3n) is 4.38. The molecular formula is C18H15ClF5N3O. The summed E-state index contributed by atoms with van der Waals surface area (Å²) in [5, 5.41) is 1.96. The Labute approximate surface area is 162 Å². The number of aryl methyl sites for hydroxylation is 1. The molecule has 1 aliphatic heterocycles. The lowest BCUT2D eigenvalue weighted by Gasteiger charge is -2.26. The molecule has 0 unspecified atom stereocenters. The lowest BCUT2D eigenvalue weighted by atomic mass is 10.1. The third kappa shape index (κ3) is 4.19. The number of pyridine rings is 1. The number of nitrogens with one attached hydrogen (secondary N) is 1. The summed E-state index contributed by atoms with van der Waals surface area (Å²) in [4.78, 5) is 18.2. The number of rotatable bonds is 3. The minimum atomic E-state index is -4.55. The van der Waals surface area contributed by atoms with Gasteiger partial charge in [0.15, 0.2) is 0 Å². The first-order valence-corrected chi connectivity index (χ1v) is 8.72. The molecule has 4 nitrogen and oxygen atoms in total. The molecule has 150 valence electrons. The Bertz CT molecular complexity index is 919. The molecule has 1 aromatic heterocycles. The second kappa shape index (κ2) is 7.54. The standard InChI is InChI=1S/C18H15ClF5N3O/c1-9-5-10(18(22,23)24)6-16(25-9)27-4-2-3-15(27)17(28)26-14-7-11(19)12(20)8-13(14)21/h5-8,15H,2-4H2,1H3,(H,26,28)/t15-/m0/s1. The number of alkyl halides is 3. The van der Waals surface area contributed by atoms with E-state index in [1.165, 1.54) is 11.8 Å². The molecule has 10 heteroatoms. The van der Waals surface area contributed by atoms with E-state index in [2.05, 4.69) is 10.3 Å². The molecule has 3 rings (SSSR count). The lowest BCUT2D eigenvalue weighted by molar-refractivity contribution is -0.137. The fourth-order valence-corrected chi connectivity index (χ4v) is 3.27. The first-order chi connectivity index (χ1) is 13.1. The van der Waals surface area contributed by atoms with Crippen molar-refractivity contribution in [2.75, 3.05) is 16.8 Å². The van der Waals surface area contributed by atoms with Gasteiger partial charge < -0.3 is 10.2 Å². The van der Waals surface area contributed by atoms with Crippen molar-refractivity contribution < 1.29 is 26.7 Å². The summed E-state index contributed by atoms with van der Waals surface area (Å²) in [7, 11) is 0. The number of nitrogens with zero attached hydrogens (tertiary/aromatic N) is 2. The van der Waals surface area contributed by atoms with E-state index in [9.17, 15) is 26.7 Å². The summed E-state index contributed by atoms with van der Waals surface area (Å²) in [5.41, 5.74) is -1.01. The van der Waals surface area contributed by atoms with Crippen molar-refractivity contribution in [1.82, 2.24) is 4.98 Å². The SMILES string of the molecule is Cc1cc(C(F)(F)F)cc(N2CCC[C@H]2C(=O)Nc2cc(Cl)c(F)cc2F)n1. The van der Waals surface area contributed by atoms with Gasteiger partial charge in [0.25, 0.3) is 0 Å². The van der Waals surface area contributed by atoms with Gasteiger partial charge in [-0.1, -0.05) is 11.6 Å². The average molecular weight is 420 g/mol. The Hall–Kier alpha value is -2.42. The van der Waals surface area contributed by atoms with E-state index in [1.807, 2.05) is 0 Å². The van der Waals surface area contributed by atoms with E-state index in [-0.39, 0.29) is 22.2 Å². The highest BCUT2D eigenvalue weighted by molar-refractivity contribution is 6.31. The normalized spacial score (nSPS) is 17.1. The Kier molecular flexibility index (Phi) is 5.47. The Morgan fingerprint density at radius 2 is 1.93 bits per heavy atom. The van der Waals surface area contributed by atoms with Gasteiger partial charge in [-0.2, -0.15) is 13.2 Å². The van der Waals surface area contributed by atoms with Crippen LogP contribution in [0.4, 0.5) is 33.5 Å². The maximum Gasteiger partial charge on any atom is 0.416 e. The first-order valence-electron chi connectivity index (χ1n) is 8.34. The van der Waals surface area contributed by atoms with Crippen LogP contribution < -0.4 is 10.2 Å². The fourth-order valence-electron chi connectivity index (χ4n) is 3.11. The smallest absolute Gasteiger partial charge is 0.345 e. The molecule has 0 radical (unpaired) electrons. The van der Waals surface area contributed by atoms with Gasteiger partial charge in [-0.3, -0.25) is 4.79 Å². The van der Waals surface area contributed by atoms with Gasteiger partial charge in [0.2, 0.25) is 5.91 Å². The summed E-state index contributed by atoms with van der Waals surface area (Å²) in [6.45, 7) is 1.75. The number of benzene rings is 1. The van der Waals surface area contributed by atoms with E-state index in [0.29, 0.717) is 25.5 Å². The highest BCUT2D eigenvalue weighted by Gasteiger charge is 2.35. The number of hydrogen-bond acceptors (Lipinski definition) is 3. The summed E-state index contributed by atoms with van der Waals surface area (Å²) in [6, 6.07) is 2.44. The second-order valence-electron chi connectivity index (χ2n) is 6.44. The van der Waals surface area contributed by atoms with Crippen molar-refractivity contribution >= 4 is 29.0 Å². The zero-order valence-electron chi connectivity index (χ0n) is 14.6. The quantitative estimate of drug-likeness (QED) is 0.565. The highest BCUT2D eigenvalue weighted by Crippen LogP contribution is 2.34. The van der Waals surface area contributed by atoms with Gasteiger partial charge in [-0.05, 0) is 38.0 Å². The van der Waals surface area contributed by atoms with Crippen molar-refractivity contribution in [3.63, 3.8) is 0 Å². The van der Waals surface area contributed by atoms with E-state index in [1.54, 1.807) is 0 Å². The van der Waals surface area contributed by atoms with Gasteiger partial charge in [-0.25, -0.2) is 13.8 Å². The largest absolute Gasteiger partial charge is 0.416 e. The van der Waals surface area contributed by atoms with Crippen LogP contribution in [0.5, 0.6) is 0 Å². The number of carbonyl (C=O) groups is 1. The van der Waals surface area contributed by atoms with Crippen LogP contribution in [0, 0.1) is 18.6 Å². The molecule has 28 heavy (non-hydrogen) atoms. The van der Waals surface area contributed by atoms with Gasteiger partial charge >= 0.3 is 6.18 Å². The predicted molar refractivity (Wildman–Crippen MR) is 94.3 cm³/mol. The third-order valence-corrected chi connectivity index (χ3v) is 4.67. The maximum absolute atomic E-state index is 13.9. The molecule has 1 atom stereocenters. The van der Waals surface area contributed by atoms with Crippen LogP contribution in [-0.2, 0) is 11.0 Å². The minimum Gasteiger partial charge on any atom is -0.345 e. The first kappa shape index (κ1) is 20.3. The molecule has 0 aliphatic carbocycles. The van der Waals surface area contributed by atoms with Crippen LogP contribution >= 0.6 is 11.6 Å². The van der Waals surface area contributed by atoms with Crippen LogP contribution in [0.25, 0.3) is 0 Å². The fraction of sp³-hybridized carbons (Fsp3) is 0.333. The van der Waals surface area contributed by atoms with E-state index < -0.39 is 35.3 Å². The van der Waals surface area contributed by atoms with Crippen LogP contribution in [0.2, 0.25) is 5.02 Å². The van der Waals surface area contributed by atoms with Crippen molar-refractivity contribution in [3.05, 3.63) is 52.2 Å². The molecule has 2 aromatic rings. The molecule has 1 fully saturated rings. The number of aromatic nitrogens is 1. The molecule has 0 spiro atoms. The maximum atomic E-state index is 13.9. The number of halogens is 6. The number of amides is 1. The van der Waals surface area contributed by atoms with E-state index in [0.717, 1.165) is 18.2 Å². The Balaban J connectivity index is 1.86. The molecule has 1 aliphatic rings. The molecular weight excluding hydrogens is 405 g/mol. The monoisotopic (exact) mass is 419 g/mol. The molecule has 1 amide bonds. The van der Waals surface area contributed by atoms with Crippen LogP contribution in [0.3, 0.4) is 0 Å². The Morgan fingerprint density at radius 3 is 2.61 bits per heavy atom. The number of carbonyl (C=O) groups excluding carboxylic acids is 1. The van der Waals surface area contributed by atoms with Crippen molar-refractivity contribution in [2.24, 2.45) is 0 Å². The highest BCUT2D eigenvalue weighted by atomic mass is 35.5. The van der Waals surface area contributed by atoms with E-state index in [4.69, 9.17) is 11.6 Å². The molecule has 1 saturated heterocycles. The predicted octanol–water partition coefficient (Wildman–Crippen LogP) is 4.95. The minimum absolute atomic E-state index is 0.0163. The summed E-state index contributed by atoms with van der Waals surface area (Å²) < 4.78 is 66.4. The second-order valence-corrected chi connectivity index (χ2v) is 6.85. The van der Waals surface area contributed by atoms with Gasteiger partial charge in [-0.15, -0.1) is 0 Å². The number of hydrogen-bond donors (Lipinski definition) is 1. The summed E-state index contributed by atoms with van der Waals surface area (Å²) >= 11 is 5.61. The van der Waals surface area contributed by atoms with Gasteiger partial charge in [0.1, 0.15) is 23.5 Å². The van der Waals surface area contributed by atoms with Gasteiger partial charge in [0, 0.05) is 18.3 Å². The summed E-state index contributed by atoms with van der Waals surface area (Å²) in [5.74, 6) is -2.60.